The molecule has 0 bridgehead atoms. The quantitative estimate of drug-likeness (QED) is 0.921. The van der Waals surface area contributed by atoms with Gasteiger partial charge in [0.2, 0.25) is 0 Å². The lowest BCUT2D eigenvalue weighted by Gasteiger charge is -2.34. The van der Waals surface area contributed by atoms with Crippen molar-refractivity contribution in [3.63, 3.8) is 0 Å². The number of anilines is 2. The molecule has 0 aliphatic carbocycles. The number of nitrogens with one attached hydrogen (secondary N) is 1. The molecular formula is C17H16F3N5. The highest BCUT2D eigenvalue weighted by Gasteiger charge is 2.31. The smallest absolute Gasteiger partial charge is 0.370 e. The van der Waals surface area contributed by atoms with E-state index in [0.29, 0.717) is 24.6 Å². The van der Waals surface area contributed by atoms with E-state index in [2.05, 4.69) is 15.5 Å². The molecule has 1 aliphatic heterocycles. The molecule has 0 amide bonds. The first-order valence-electron chi connectivity index (χ1n) is 7.88. The number of halogens is 3. The lowest BCUT2D eigenvalue weighted by Crippen LogP contribution is -2.39. The van der Waals surface area contributed by atoms with Gasteiger partial charge in [-0.3, -0.25) is 0 Å². The van der Waals surface area contributed by atoms with Crippen LogP contribution in [0.15, 0.2) is 36.5 Å². The maximum absolute atomic E-state index is 12.8. The summed E-state index contributed by atoms with van der Waals surface area (Å²) in [6.07, 6.45) is -1.26. The molecule has 2 heterocycles. The van der Waals surface area contributed by atoms with Crippen molar-refractivity contribution >= 4 is 11.5 Å². The third-order valence-corrected chi connectivity index (χ3v) is 4.20. The zero-order chi connectivity index (χ0) is 17.9. The largest absolute Gasteiger partial charge is 0.416 e. The first-order valence-corrected chi connectivity index (χ1v) is 7.88. The molecule has 0 atom stereocenters. The van der Waals surface area contributed by atoms with Crippen LogP contribution in [0.25, 0.3) is 0 Å². The zero-order valence-electron chi connectivity index (χ0n) is 13.3. The van der Waals surface area contributed by atoms with E-state index in [-0.39, 0.29) is 11.6 Å². The van der Waals surface area contributed by atoms with Crippen molar-refractivity contribution in [1.82, 2.24) is 10.2 Å². The molecule has 1 N–H and O–H groups in total. The molecule has 0 saturated carbocycles. The number of aromatic nitrogens is 2. The topological polar surface area (TPSA) is 64.8 Å². The number of alkyl halides is 3. The van der Waals surface area contributed by atoms with Crippen LogP contribution in [0.3, 0.4) is 0 Å². The minimum atomic E-state index is -4.45. The summed E-state index contributed by atoms with van der Waals surface area (Å²) in [6.45, 7) is 1.30. The normalized spacial score (nSPS) is 15.7. The Morgan fingerprint density at radius 3 is 2.56 bits per heavy atom. The first kappa shape index (κ1) is 17.0. The van der Waals surface area contributed by atoms with Gasteiger partial charge in [-0.1, -0.05) is 0 Å². The van der Waals surface area contributed by atoms with Crippen LogP contribution in [0.4, 0.5) is 24.7 Å². The maximum Gasteiger partial charge on any atom is 0.416 e. The number of nitrogens with zero attached hydrogens (tertiary/aromatic N) is 4. The van der Waals surface area contributed by atoms with E-state index in [9.17, 15) is 18.4 Å². The molecule has 1 fully saturated rings. The van der Waals surface area contributed by atoms with Gasteiger partial charge in [-0.25, -0.2) is 0 Å². The van der Waals surface area contributed by atoms with Gasteiger partial charge < -0.3 is 10.2 Å². The minimum absolute atomic E-state index is 0.0511. The molecule has 0 radical (unpaired) electrons. The van der Waals surface area contributed by atoms with Crippen LogP contribution in [0, 0.1) is 11.3 Å². The highest BCUT2D eigenvalue weighted by molar-refractivity contribution is 5.61. The van der Waals surface area contributed by atoms with E-state index in [4.69, 9.17) is 0 Å². The van der Waals surface area contributed by atoms with E-state index < -0.39 is 11.7 Å². The Hall–Kier alpha value is -2.82. The van der Waals surface area contributed by atoms with Gasteiger partial charge in [0.1, 0.15) is 11.9 Å². The van der Waals surface area contributed by atoms with E-state index in [1.165, 1.54) is 6.07 Å². The van der Waals surface area contributed by atoms with E-state index in [1.54, 1.807) is 12.3 Å². The van der Waals surface area contributed by atoms with Gasteiger partial charge in [-0.2, -0.15) is 23.5 Å². The number of rotatable bonds is 3. The van der Waals surface area contributed by atoms with Crippen molar-refractivity contribution in [1.29, 1.82) is 5.26 Å². The van der Waals surface area contributed by atoms with Gasteiger partial charge in [-0.05, 0) is 43.2 Å². The summed E-state index contributed by atoms with van der Waals surface area (Å²) in [4.78, 5) is 1.95. The number of benzene rings is 1. The fourth-order valence-corrected chi connectivity index (χ4v) is 2.93. The molecule has 25 heavy (non-hydrogen) atoms. The summed E-state index contributed by atoms with van der Waals surface area (Å²) in [5.74, 6) is 0.702. The predicted molar refractivity (Wildman–Crippen MR) is 87.0 cm³/mol. The summed E-state index contributed by atoms with van der Waals surface area (Å²) in [6, 6.07) is 9.06. The molecule has 5 nitrogen and oxygen atoms in total. The van der Waals surface area contributed by atoms with E-state index in [1.807, 2.05) is 17.0 Å². The molecule has 1 saturated heterocycles. The monoisotopic (exact) mass is 347 g/mol. The Kier molecular flexibility index (Phi) is 4.74. The van der Waals surface area contributed by atoms with E-state index >= 15 is 0 Å². The van der Waals surface area contributed by atoms with Crippen LogP contribution in [0.5, 0.6) is 0 Å². The standard InChI is InChI=1S/C17H16F3N5/c18-17(19,20)13-3-4-15(12(10-13)11-21)25-8-5-14(6-9-25)23-16-2-1-7-22-24-16/h1-4,7,10,14H,5-6,8-9H2,(H,23,24). The Labute approximate surface area is 143 Å². The van der Waals surface area contributed by atoms with Crippen molar-refractivity contribution in [3.05, 3.63) is 47.7 Å². The van der Waals surface area contributed by atoms with Gasteiger partial charge >= 0.3 is 6.18 Å². The Balaban J connectivity index is 1.68. The van der Waals surface area contributed by atoms with Crippen LogP contribution in [-0.2, 0) is 6.18 Å². The molecule has 130 valence electrons. The molecule has 3 rings (SSSR count). The molecule has 0 spiro atoms. The van der Waals surface area contributed by atoms with Crippen molar-refractivity contribution < 1.29 is 13.2 Å². The molecule has 1 aliphatic rings. The average Bonchev–Trinajstić information content (AvgIpc) is 2.62. The van der Waals surface area contributed by atoms with Crippen LogP contribution in [0.2, 0.25) is 0 Å². The Bertz CT molecular complexity index is 762. The Morgan fingerprint density at radius 1 is 1.20 bits per heavy atom. The van der Waals surface area contributed by atoms with Crippen molar-refractivity contribution in [2.75, 3.05) is 23.3 Å². The summed E-state index contributed by atoms with van der Waals surface area (Å²) in [5.41, 5.74) is -0.199. The van der Waals surface area contributed by atoms with Crippen molar-refractivity contribution in [2.24, 2.45) is 0 Å². The zero-order valence-corrected chi connectivity index (χ0v) is 13.3. The highest BCUT2D eigenvalue weighted by Crippen LogP contribution is 2.33. The fourth-order valence-electron chi connectivity index (χ4n) is 2.93. The molecule has 8 heteroatoms. The van der Waals surface area contributed by atoms with Gasteiger partial charge in [0.05, 0.1) is 16.8 Å². The van der Waals surface area contributed by atoms with Crippen LogP contribution in [-0.4, -0.2) is 29.3 Å². The number of hydrogen-bond acceptors (Lipinski definition) is 5. The van der Waals surface area contributed by atoms with Gasteiger partial charge in [-0.15, -0.1) is 5.10 Å². The van der Waals surface area contributed by atoms with E-state index in [0.717, 1.165) is 25.0 Å². The summed E-state index contributed by atoms with van der Waals surface area (Å²) in [7, 11) is 0. The second-order valence-electron chi connectivity index (χ2n) is 5.86. The highest BCUT2D eigenvalue weighted by atomic mass is 19.4. The molecular weight excluding hydrogens is 331 g/mol. The Morgan fingerprint density at radius 2 is 1.96 bits per heavy atom. The van der Waals surface area contributed by atoms with Crippen molar-refractivity contribution in [2.45, 2.75) is 25.1 Å². The minimum Gasteiger partial charge on any atom is -0.370 e. The van der Waals surface area contributed by atoms with Crippen LogP contribution >= 0.6 is 0 Å². The number of nitriles is 1. The molecule has 0 unspecified atom stereocenters. The second-order valence-corrected chi connectivity index (χ2v) is 5.86. The van der Waals surface area contributed by atoms with Crippen LogP contribution in [0.1, 0.15) is 24.0 Å². The maximum atomic E-state index is 12.8. The third-order valence-electron chi connectivity index (χ3n) is 4.20. The van der Waals surface area contributed by atoms with Crippen LogP contribution < -0.4 is 10.2 Å². The van der Waals surface area contributed by atoms with Gasteiger partial charge in [0.15, 0.2) is 0 Å². The average molecular weight is 347 g/mol. The summed E-state index contributed by atoms with van der Waals surface area (Å²) >= 11 is 0. The van der Waals surface area contributed by atoms with Crippen molar-refractivity contribution in [3.8, 4) is 6.07 Å². The molecule has 2 aromatic rings. The van der Waals surface area contributed by atoms with Gasteiger partial charge in [0, 0.05) is 25.3 Å². The molecule has 1 aromatic heterocycles. The second kappa shape index (κ2) is 6.97. The number of hydrogen-bond donors (Lipinski definition) is 1. The summed E-state index contributed by atoms with van der Waals surface area (Å²) in [5, 5.41) is 20.3. The lowest BCUT2D eigenvalue weighted by molar-refractivity contribution is -0.137. The predicted octanol–water partition coefficient (Wildman–Crippen LogP) is 3.45. The molecule has 1 aromatic carbocycles. The summed E-state index contributed by atoms with van der Waals surface area (Å²) < 4.78 is 38.4. The fraction of sp³-hybridized carbons (Fsp3) is 0.353. The third kappa shape index (κ3) is 3.99. The SMILES string of the molecule is N#Cc1cc(C(F)(F)F)ccc1N1CCC(Nc2cccnn2)CC1. The first-order chi connectivity index (χ1) is 12.0. The number of piperidine rings is 1. The van der Waals surface area contributed by atoms with Gasteiger partial charge in [0.25, 0.3) is 0 Å². The lowest BCUT2D eigenvalue weighted by atomic mass is 10.0.